The second-order valence-corrected chi connectivity index (χ2v) is 7.14. The van der Waals surface area contributed by atoms with Crippen molar-refractivity contribution in [3.63, 3.8) is 0 Å². The van der Waals surface area contributed by atoms with Crippen LogP contribution in [0, 0.1) is 13.8 Å². The van der Waals surface area contributed by atoms with Gasteiger partial charge in [0, 0.05) is 12.3 Å². The lowest BCUT2D eigenvalue weighted by Crippen LogP contribution is -2.20. The van der Waals surface area contributed by atoms with Gasteiger partial charge in [-0.2, -0.15) is 0 Å². The Morgan fingerprint density at radius 2 is 2.05 bits per heavy atom. The van der Waals surface area contributed by atoms with Crippen molar-refractivity contribution in [2.45, 2.75) is 31.2 Å². The summed E-state index contributed by atoms with van der Waals surface area (Å²) in [5.74, 6) is 1.39. The van der Waals surface area contributed by atoms with Crippen LogP contribution in [0.3, 0.4) is 0 Å². The third kappa shape index (κ3) is 4.86. The van der Waals surface area contributed by atoms with E-state index in [1.54, 1.807) is 0 Å². The predicted molar refractivity (Wildman–Crippen MR) is 92.2 cm³/mol. The normalized spacial score (nSPS) is 12.2. The topological polar surface area (TPSA) is 67.3 Å². The maximum absolute atomic E-state index is 10.1. The van der Waals surface area contributed by atoms with Gasteiger partial charge in [0.05, 0.1) is 6.10 Å². The van der Waals surface area contributed by atoms with Crippen molar-refractivity contribution in [3.8, 4) is 5.75 Å². The molecule has 2 aromatic rings. The molecular weight excluding hydrogens is 318 g/mol. The summed E-state index contributed by atoms with van der Waals surface area (Å²) < 4.78 is 6.60. The van der Waals surface area contributed by atoms with Gasteiger partial charge in [-0.05, 0) is 31.9 Å². The molecular formula is C15H21N3O2S2. The number of aliphatic hydroxyl groups excluding tert-OH is 1. The zero-order chi connectivity index (χ0) is 15.9. The number of hydrogen-bond donors (Lipinski definition) is 2. The fourth-order valence-corrected chi connectivity index (χ4v) is 3.66. The second kappa shape index (κ2) is 8.36. The molecule has 7 heteroatoms. The van der Waals surface area contributed by atoms with Crippen LogP contribution in [-0.4, -0.2) is 40.3 Å². The van der Waals surface area contributed by atoms with Crippen molar-refractivity contribution in [1.29, 1.82) is 0 Å². The van der Waals surface area contributed by atoms with Crippen LogP contribution < -0.4 is 10.1 Å². The summed E-state index contributed by atoms with van der Waals surface area (Å²) in [6.07, 6.45) is -0.546. The number of nitrogens with one attached hydrogen (secondary N) is 1. The molecule has 1 aromatic carbocycles. The van der Waals surface area contributed by atoms with Crippen LogP contribution in [0.15, 0.2) is 22.5 Å². The molecule has 0 saturated carbocycles. The number of aryl methyl sites for hydroxylation is 2. The maximum Gasteiger partial charge on any atom is 0.206 e. The van der Waals surface area contributed by atoms with E-state index in [4.69, 9.17) is 4.74 Å². The third-order valence-electron chi connectivity index (χ3n) is 2.96. The fourth-order valence-electron chi connectivity index (χ4n) is 1.91. The molecule has 1 aromatic heterocycles. The number of benzene rings is 1. The molecule has 0 saturated heterocycles. The van der Waals surface area contributed by atoms with Gasteiger partial charge in [0.2, 0.25) is 5.13 Å². The average molecular weight is 339 g/mol. The van der Waals surface area contributed by atoms with Crippen molar-refractivity contribution < 1.29 is 9.84 Å². The zero-order valence-corrected chi connectivity index (χ0v) is 14.6. The summed E-state index contributed by atoms with van der Waals surface area (Å²) in [6, 6.07) is 6.01. The van der Waals surface area contributed by atoms with Crippen LogP contribution in [-0.2, 0) is 0 Å². The van der Waals surface area contributed by atoms with Gasteiger partial charge in [-0.25, -0.2) is 0 Å². The largest absolute Gasteiger partial charge is 0.490 e. The first-order chi connectivity index (χ1) is 10.6. The predicted octanol–water partition coefficient (Wildman–Crippen LogP) is 3.12. The third-order valence-corrected chi connectivity index (χ3v) is 5.12. The first-order valence-electron chi connectivity index (χ1n) is 7.17. The van der Waals surface area contributed by atoms with Gasteiger partial charge in [-0.15, -0.1) is 10.2 Å². The Labute approximate surface area is 139 Å². The number of para-hydroxylation sites is 1. The Balaban J connectivity index is 1.79. The van der Waals surface area contributed by atoms with E-state index in [0.717, 1.165) is 32.9 Å². The summed E-state index contributed by atoms with van der Waals surface area (Å²) in [5.41, 5.74) is 2.17. The minimum absolute atomic E-state index is 0.275. The molecule has 0 aliphatic carbocycles. The zero-order valence-electron chi connectivity index (χ0n) is 13.0. The van der Waals surface area contributed by atoms with Gasteiger partial charge >= 0.3 is 0 Å². The van der Waals surface area contributed by atoms with Gasteiger partial charge in [-0.3, -0.25) is 0 Å². The number of nitrogens with zero attached hydrogens (tertiary/aromatic N) is 2. The van der Waals surface area contributed by atoms with Crippen LogP contribution in [0.25, 0.3) is 0 Å². The highest BCUT2D eigenvalue weighted by Gasteiger charge is 2.11. The Morgan fingerprint density at radius 3 is 2.73 bits per heavy atom. The minimum atomic E-state index is -0.546. The van der Waals surface area contributed by atoms with Gasteiger partial charge in [-0.1, -0.05) is 41.3 Å². The standard InChI is InChI=1S/C15H21N3O2S2/c1-4-16-14-17-18-15(22-14)21-9-12(19)8-20-13-10(2)6-5-7-11(13)3/h5-7,12,19H,4,8-9H2,1-3H3,(H,16,17). The van der Waals surface area contributed by atoms with Crippen LogP contribution in [0.5, 0.6) is 5.75 Å². The van der Waals surface area contributed by atoms with Gasteiger partial charge in [0.25, 0.3) is 0 Å². The van der Waals surface area contributed by atoms with E-state index in [2.05, 4.69) is 15.5 Å². The molecule has 1 heterocycles. The number of hydrogen-bond acceptors (Lipinski definition) is 7. The molecule has 1 atom stereocenters. The van der Waals surface area contributed by atoms with Crippen molar-refractivity contribution in [3.05, 3.63) is 29.3 Å². The maximum atomic E-state index is 10.1. The smallest absolute Gasteiger partial charge is 0.206 e. The Hall–Kier alpha value is -1.31. The summed E-state index contributed by atoms with van der Waals surface area (Å²) >= 11 is 2.99. The number of aromatic nitrogens is 2. The highest BCUT2D eigenvalue weighted by molar-refractivity contribution is 8.01. The second-order valence-electron chi connectivity index (χ2n) is 4.90. The van der Waals surface area contributed by atoms with E-state index in [0.29, 0.717) is 5.75 Å². The van der Waals surface area contributed by atoms with E-state index in [9.17, 15) is 5.11 Å². The molecule has 0 bridgehead atoms. The van der Waals surface area contributed by atoms with Crippen molar-refractivity contribution in [1.82, 2.24) is 10.2 Å². The SMILES string of the molecule is CCNc1nnc(SCC(O)COc2c(C)cccc2C)s1. The molecule has 0 spiro atoms. The number of aliphatic hydroxyl groups is 1. The first kappa shape index (κ1) is 17.1. The summed E-state index contributed by atoms with van der Waals surface area (Å²) in [5, 5.41) is 22.1. The molecule has 0 aliphatic rings. The summed E-state index contributed by atoms with van der Waals surface area (Å²) in [7, 11) is 0. The van der Waals surface area contributed by atoms with Gasteiger partial charge in [0.1, 0.15) is 12.4 Å². The lowest BCUT2D eigenvalue weighted by molar-refractivity contribution is 0.125. The number of rotatable bonds is 8. The molecule has 1 unspecified atom stereocenters. The lowest BCUT2D eigenvalue weighted by atomic mass is 10.1. The van der Waals surface area contributed by atoms with E-state index in [-0.39, 0.29) is 6.61 Å². The Bertz CT molecular complexity index is 584. The van der Waals surface area contributed by atoms with Crippen molar-refractivity contribution >= 4 is 28.2 Å². The molecule has 0 radical (unpaired) electrons. The van der Waals surface area contributed by atoms with E-state index in [1.807, 2.05) is 39.0 Å². The number of thioether (sulfide) groups is 1. The summed E-state index contributed by atoms with van der Waals surface area (Å²) in [4.78, 5) is 0. The summed E-state index contributed by atoms with van der Waals surface area (Å²) in [6.45, 7) is 7.13. The van der Waals surface area contributed by atoms with Crippen LogP contribution in [0.2, 0.25) is 0 Å². The van der Waals surface area contributed by atoms with Crippen LogP contribution in [0.4, 0.5) is 5.13 Å². The molecule has 0 fully saturated rings. The quantitative estimate of drug-likeness (QED) is 0.720. The Morgan fingerprint density at radius 1 is 1.32 bits per heavy atom. The molecule has 0 amide bonds. The first-order valence-corrected chi connectivity index (χ1v) is 8.97. The van der Waals surface area contributed by atoms with Crippen molar-refractivity contribution in [2.24, 2.45) is 0 Å². The lowest BCUT2D eigenvalue weighted by Gasteiger charge is -2.14. The van der Waals surface area contributed by atoms with Crippen LogP contribution >= 0.6 is 23.1 Å². The van der Waals surface area contributed by atoms with E-state index in [1.165, 1.54) is 23.1 Å². The number of ether oxygens (including phenoxy) is 1. The molecule has 5 nitrogen and oxygen atoms in total. The molecule has 0 aliphatic heterocycles. The van der Waals surface area contributed by atoms with Crippen LogP contribution in [0.1, 0.15) is 18.1 Å². The molecule has 22 heavy (non-hydrogen) atoms. The highest BCUT2D eigenvalue weighted by atomic mass is 32.2. The molecule has 120 valence electrons. The molecule has 2 rings (SSSR count). The highest BCUT2D eigenvalue weighted by Crippen LogP contribution is 2.26. The molecule has 2 N–H and O–H groups in total. The number of anilines is 1. The van der Waals surface area contributed by atoms with E-state index < -0.39 is 6.10 Å². The van der Waals surface area contributed by atoms with Crippen molar-refractivity contribution in [2.75, 3.05) is 24.2 Å². The fraction of sp³-hybridized carbons (Fsp3) is 0.467. The van der Waals surface area contributed by atoms with Gasteiger partial charge in [0.15, 0.2) is 4.34 Å². The average Bonchev–Trinajstić information content (AvgIpc) is 2.93. The monoisotopic (exact) mass is 339 g/mol. The van der Waals surface area contributed by atoms with Gasteiger partial charge < -0.3 is 15.2 Å². The Kier molecular flexibility index (Phi) is 6.48. The minimum Gasteiger partial charge on any atom is -0.490 e. The van der Waals surface area contributed by atoms with E-state index >= 15 is 0 Å².